The molecule has 0 aromatic carbocycles. The van der Waals surface area contributed by atoms with Gasteiger partial charge in [-0.1, -0.05) is 11.6 Å². The molecule has 1 aromatic heterocycles. The van der Waals surface area contributed by atoms with Crippen LogP contribution in [0, 0.1) is 0 Å². The lowest BCUT2D eigenvalue weighted by Crippen LogP contribution is -2.01. The topological polar surface area (TPSA) is 35.0 Å². The van der Waals surface area contributed by atoms with Crippen LogP contribution in [0.4, 0.5) is 0 Å². The maximum absolute atomic E-state index is 5.95. The van der Waals surface area contributed by atoms with Crippen LogP contribution in [-0.4, -0.2) is 23.7 Å². The minimum Gasteiger partial charge on any atom is -0.385 e. The predicted molar refractivity (Wildman–Crippen MR) is 59.2 cm³/mol. The van der Waals surface area contributed by atoms with Crippen molar-refractivity contribution in [2.75, 3.05) is 13.7 Å². The summed E-state index contributed by atoms with van der Waals surface area (Å²) in [7, 11) is 1.70. The largest absolute Gasteiger partial charge is 0.385 e. The van der Waals surface area contributed by atoms with Crippen molar-refractivity contribution in [3.8, 4) is 0 Å². The second-order valence-corrected chi connectivity index (χ2v) is 4.29. The Hall–Kier alpha value is -0.670. The molecule has 0 radical (unpaired) electrons. The Bertz CT molecular complexity index is 339. The molecule has 4 heteroatoms. The molecule has 0 unspecified atom stereocenters. The summed E-state index contributed by atoms with van der Waals surface area (Å²) in [5.74, 6) is 1.48. The summed E-state index contributed by atoms with van der Waals surface area (Å²) in [4.78, 5) is 8.73. The molecule has 1 aromatic rings. The molecule has 0 atom stereocenters. The summed E-state index contributed by atoms with van der Waals surface area (Å²) < 4.78 is 5.00. The second kappa shape index (κ2) is 4.90. The summed E-state index contributed by atoms with van der Waals surface area (Å²) in [5.41, 5.74) is 1.11. The fourth-order valence-corrected chi connectivity index (χ4v) is 1.77. The molecule has 1 heterocycles. The molecule has 0 amide bonds. The smallest absolute Gasteiger partial charge is 0.133 e. The number of hydrogen-bond donors (Lipinski definition) is 0. The number of aromatic nitrogens is 2. The summed E-state index contributed by atoms with van der Waals surface area (Å²) in [6.07, 6.45) is 4.27. The zero-order valence-electron chi connectivity index (χ0n) is 8.87. The molecule has 0 aliphatic heterocycles. The fraction of sp³-hybridized carbons (Fsp3) is 0.636. The fourth-order valence-electron chi connectivity index (χ4n) is 1.56. The molecule has 1 fully saturated rings. The van der Waals surface area contributed by atoms with E-state index in [0.717, 1.165) is 31.0 Å². The molecule has 82 valence electrons. The monoisotopic (exact) mass is 226 g/mol. The summed E-state index contributed by atoms with van der Waals surface area (Å²) in [6.45, 7) is 0.745. The molecule has 15 heavy (non-hydrogen) atoms. The zero-order valence-corrected chi connectivity index (χ0v) is 9.63. The van der Waals surface area contributed by atoms with Crippen LogP contribution >= 0.6 is 11.6 Å². The molecule has 0 N–H and O–H groups in total. The standard InChI is InChI=1S/C11H15ClN2O/c1-15-6-2-3-11-13-9(8-4-5-8)7-10(12)14-11/h7-8H,2-6H2,1H3. The van der Waals surface area contributed by atoms with Crippen molar-refractivity contribution in [3.05, 3.63) is 22.7 Å². The van der Waals surface area contributed by atoms with Crippen molar-refractivity contribution >= 4 is 11.6 Å². The average Bonchev–Trinajstić information content (AvgIpc) is 3.00. The molecule has 1 saturated carbocycles. The van der Waals surface area contributed by atoms with Crippen LogP contribution in [0.25, 0.3) is 0 Å². The normalized spacial score (nSPS) is 15.6. The third-order valence-electron chi connectivity index (χ3n) is 2.51. The predicted octanol–water partition coefficient (Wildman–Crippen LogP) is 2.59. The second-order valence-electron chi connectivity index (χ2n) is 3.90. The third kappa shape index (κ3) is 3.14. The molecule has 2 rings (SSSR count). The van der Waals surface area contributed by atoms with Gasteiger partial charge in [0.15, 0.2) is 0 Å². The number of methoxy groups -OCH3 is 1. The number of aryl methyl sites for hydroxylation is 1. The Morgan fingerprint density at radius 3 is 2.93 bits per heavy atom. The molecule has 3 nitrogen and oxygen atoms in total. The minimum atomic E-state index is 0.569. The van der Waals surface area contributed by atoms with E-state index in [0.29, 0.717) is 11.1 Å². The lowest BCUT2D eigenvalue weighted by molar-refractivity contribution is 0.194. The van der Waals surface area contributed by atoms with Crippen molar-refractivity contribution in [1.82, 2.24) is 9.97 Å². The van der Waals surface area contributed by atoms with Crippen molar-refractivity contribution < 1.29 is 4.74 Å². The van der Waals surface area contributed by atoms with Crippen molar-refractivity contribution in [3.63, 3.8) is 0 Å². The summed E-state index contributed by atoms with van der Waals surface area (Å²) in [5, 5.41) is 0.569. The number of hydrogen-bond acceptors (Lipinski definition) is 3. The molecule has 1 aliphatic rings. The highest BCUT2D eigenvalue weighted by molar-refractivity contribution is 6.29. The van der Waals surface area contributed by atoms with Gasteiger partial charge in [0.25, 0.3) is 0 Å². The molecule has 0 saturated heterocycles. The molecule has 1 aliphatic carbocycles. The van der Waals surface area contributed by atoms with E-state index < -0.39 is 0 Å². The SMILES string of the molecule is COCCCc1nc(Cl)cc(C2CC2)n1. The van der Waals surface area contributed by atoms with Crippen LogP contribution in [0.5, 0.6) is 0 Å². The maximum Gasteiger partial charge on any atom is 0.133 e. The highest BCUT2D eigenvalue weighted by Crippen LogP contribution is 2.39. The van der Waals surface area contributed by atoms with Gasteiger partial charge in [0.2, 0.25) is 0 Å². The van der Waals surface area contributed by atoms with E-state index in [4.69, 9.17) is 16.3 Å². The van der Waals surface area contributed by atoms with Gasteiger partial charge in [-0.2, -0.15) is 0 Å². The third-order valence-corrected chi connectivity index (χ3v) is 2.70. The average molecular weight is 227 g/mol. The van der Waals surface area contributed by atoms with Crippen LogP contribution in [0.15, 0.2) is 6.07 Å². The van der Waals surface area contributed by atoms with E-state index in [1.165, 1.54) is 12.8 Å². The van der Waals surface area contributed by atoms with Gasteiger partial charge in [0, 0.05) is 31.7 Å². The van der Waals surface area contributed by atoms with Gasteiger partial charge in [-0.25, -0.2) is 9.97 Å². The van der Waals surface area contributed by atoms with E-state index >= 15 is 0 Å². The Labute approximate surface area is 94.8 Å². The lowest BCUT2D eigenvalue weighted by atomic mass is 10.2. The van der Waals surface area contributed by atoms with Crippen molar-refractivity contribution in [2.45, 2.75) is 31.6 Å². The molecular formula is C11H15ClN2O. The number of nitrogens with zero attached hydrogens (tertiary/aromatic N) is 2. The van der Waals surface area contributed by atoms with Crippen LogP contribution < -0.4 is 0 Å². The quantitative estimate of drug-likeness (QED) is 0.572. The summed E-state index contributed by atoms with van der Waals surface area (Å²) in [6, 6.07) is 1.89. The van der Waals surface area contributed by atoms with Gasteiger partial charge in [0.1, 0.15) is 11.0 Å². The first-order chi connectivity index (χ1) is 7.29. The Balaban J connectivity index is 2.02. The van der Waals surface area contributed by atoms with Gasteiger partial charge >= 0.3 is 0 Å². The van der Waals surface area contributed by atoms with Crippen LogP contribution in [0.1, 0.15) is 36.7 Å². The van der Waals surface area contributed by atoms with Gasteiger partial charge < -0.3 is 4.74 Å². The lowest BCUT2D eigenvalue weighted by Gasteiger charge is -2.03. The number of rotatable bonds is 5. The van der Waals surface area contributed by atoms with Gasteiger partial charge in [-0.05, 0) is 25.3 Å². The first-order valence-corrected chi connectivity index (χ1v) is 5.69. The Morgan fingerprint density at radius 2 is 2.27 bits per heavy atom. The summed E-state index contributed by atoms with van der Waals surface area (Å²) >= 11 is 5.95. The first kappa shape index (κ1) is 10.8. The highest BCUT2D eigenvalue weighted by atomic mass is 35.5. The van der Waals surface area contributed by atoms with Crippen LogP contribution in [0.3, 0.4) is 0 Å². The Kier molecular flexibility index (Phi) is 3.54. The van der Waals surface area contributed by atoms with E-state index in [9.17, 15) is 0 Å². The maximum atomic E-state index is 5.95. The van der Waals surface area contributed by atoms with Crippen molar-refractivity contribution in [2.24, 2.45) is 0 Å². The van der Waals surface area contributed by atoms with E-state index in [-0.39, 0.29) is 0 Å². The first-order valence-electron chi connectivity index (χ1n) is 5.32. The van der Waals surface area contributed by atoms with E-state index in [1.807, 2.05) is 6.07 Å². The van der Waals surface area contributed by atoms with Crippen molar-refractivity contribution in [1.29, 1.82) is 0 Å². The highest BCUT2D eigenvalue weighted by Gasteiger charge is 2.25. The number of ether oxygens (including phenoxy) is 1. The van der Waals surface area contributed by atoms with E-state index in [2.05, 4.69) is 9.97 Å². The van der Waals surface area contributed by atoms with Gasteiger partial charge in [-0.3, -0.25) is 0 Å². The molecule has 0 spiro atoms. The van der Waals surface area contributed by atoms with Gasteiger partial charge in [-0.15, -0.1) is 0 Å². The van der Waals surface area contributed by atoms with Crippen LogP contribution in [-0.2, 0) is 11.2 Å². The van der Waals surface area contributed by atoms with E-state index in [1.54, 1.807) is 7.11 Å². The zero-order chi connectivity index (χ0) is 10.7. The molecular weight excluding hydrogens is 212 g/mol. The Morgan fingerprint density at radius 1 is 1.47 bits per heavy atom. The minimum absolute atomic E-state index is 0.569. The van der Waals surface area contributed by atoms with Gasteiger partial charge in [0.05, 0.1) is 0 Å². The van der Waals surface area contributed by atoms with Crippen LogP contribution in [0.2, 0.25) is 5.15 Å². The number of halogens is 1. The molecule has 0 bridgehead atoms.